The molecule has 0 atom stereocenters. The summed E-state index contributed by atoms with van der Waals surface area (Å²) in [5.74, 6) is -2.76. The molecule has 0 rings (SSSR count). The van der Waals surface area contributed by atoms with Gasteiger partial charge in [0.05, 0.1) is 6.54 Å². The average Bonchev–Trinajstić information content (AvgIpc) is 2.28. The summed E-state index contributed by atoms with van der Waals surface area (Å²) < 4.78 is 25.9. The first kappa shape index (κ1) is 15.7. The van der Waals surface area contributed by atoms with E-state index in [4.69, 9.17) is 17.2 Å². The molecule has 0 aromatic rings. The zero-order chi connectivity index (χ0) is 12.4. The molecule has 0 bridgehead atoms. The van der Waals surface area contributed by atoms with Gasteiger partial charge in [-0.2, -0.15) is 0 Å². The highest BCUT2D eigenvalue weighted by Crippen LogP contribution is 2.16. The Morgan fingerprint density at radius 3 is 1.75 bits per heavy atom. The first-order chi connectivity index (χ1) is 7.55. The molecule has 98 valence electrons. The molecular formula is C10H24F2N4. The van der Waals surface area contributed by atoms with Gasteiger partial charge in [-0.15, -0.1) is 0 Å². The maximum Gasteiger partial charge on any atom is 0.261 e. The second-order valence-corrected chi connectivity index (χ2v) is 3.94. The SMILES string of the molecule is NCCCN(CCCN)CCC(F)(F)CN. The predicted octanol–water partition coefficient (Wildman–Crippen LogP) is -0.0299. The molecule has 0 unspecified atom stereocenters. The molecule has 0 heterocycles. The van der Waals surface area contributed by atoms with Crippen molar-refractivity contribution in [3.63, 3.8) is 0 Å². The van der Waals surface area contributed by atoms with Crippen LogP contribution in [0.15, 0.2) is 0 Å². The van der Waals surface area contributed by atoms with E-state index < -0.39 is 12.5 Å². The van der Waals surface area contributed by atoms with Crippen molar-refractivity contribution in [2.45, 2.75) is 25.2 Å². The summed E-state index contributed by atoms with van der Waals surface area (Å²) in [4.78, 5) is 1.98. The highest BCUT2D eigenvalue weighted by Gasteiger charge is 2.26. The van der Waals surface area contributed by atoms with Gasteiger partial charge in [-0.3, -0.25) is 0 Å². The smallest absolute Gasteiger partial charge is 0.261 e. The number of alkyl halides is 2. The van der Waals surface area contributed by atoms with Crippen LogP contribution in [0.5, 0.6) is 0 Å². The third-order valence-corrected chi connectivity index (χ3v) is 2.45. The Balaban J connectivity index is 3.89. The van der Waals surface area contributed by atoms with E-state index in [1.807, 2.05) is 4.90 Å². The topological polar surface area (TPSA) is 81.3 Å². The van der Waals surface area contributed by atoms with Crippen LogP contribution in [0.25, 0.3) is 0 Å². The molecule has 0 radical (unpaired) electrons. The normalized spacial score (nSPS) is 12.4. The van der Waals surface area contributed by atoms with Crippen molar-refractivity contribution in [3.8, 4) is 0 Å². The summed E-state index contributed by atoms with van der Waals surface area (Å²) in [6.07, 6.45) is 1.44. The monoisotopic (exact) mass is 238 g/mol. The molecular weight excluding hydrogens is 214 g/mol. The maximum atomic E-state index is 13.0. The largest absolute Gasteiger partial charge is 0.330 e. The highest BCUT2D eigenvalue weighted by atomic mass is 19.3. The van der Waals surface area contributed by atoms with Crippen molar-refractivity contribution >= 4 is 0 Å². The molecule has 0 aliphatic carbocycles. The fraction of sp³-hybridized carbons (Fsp3) is 1.00. The van der Waals surface area contributed by atoms with Gasteiger partial charge in [0.2, 0.25) is 0 Å². The quantitative estimate of drug-likeness (QED) is 0.499. The number of hydrogen-bond donors (Lipinski definition) is 3. The summed E-state index contributed by atoms with van der Waals surface area (Å²) >= 11 is 0. The van der Waals surface area contributed by atoms with Crippen LogP contribution in [0.1, 0.15) is 19.3 Å². The summed E-state index contributed by atoms with van der Waals surface area (Å²) in [5.41, 5.74) is 15.8. The lowest BCUT2D eigenvalue weighted by molar-refractivity contribution is -0.00694. The first-order valence-electron chi connectivity index (χ1n) is 5.76. The minimum absolute atomic E-state index is 0.196. The Morgan fingerprint density at radius 2 is 1.38 bits per heavy atom. The Kier molecular flexibility index (Phi) is 8.64. The van der Waals surface area contributed by atoms with Crippen LogP contribution in [0.3, 0.4) is 0 Å². The first-order valence-corrected chi connectivity index (χ1v) is 5.76. The van der Waals surface area contributed by atoms with E-state index in [-0.39, 0.29) is 6.42 Å². The van der Waals surface area contributed by atoms with Crippen molar-refractivity contribution in [2.24, 2.45) is 17.2 Å². The second kappa shape index (κ2) is 8.81. The van der Waals surface area contributed by atoms with E-state index in [0.717, 1.165) is 25.9 Å². The molecule has 6 N–H and O–H groups in total. The third-order valence-electron chi connectivity index (χ3n) is 2.45. The summed E-state index contributed by atoms with van der Waals surface area (Å²) in [6.45, 7) is 2.41. The molecule has 0 amide bonds. The number of halogens is 2. The molecule has 0 spiro atoms. The standard InChI is InChI=1S/C10H24F2N4/c11-10(12,9-15)3-8-16(6-1-4-13)7-2-5-14/h1-9,13-15H2. The summed E-state index contributed by atoms with van der Waals surface area (Å²) in [6, 6.07) is 0. The van der Waals surface area contributed by atoms with Crippen molar-refractivity contribution in [2.75, 3.05) is 39.3 Å². The van der Waals surface area contributed by atoms with Gasteiger partial charge in [0.1, 0.15) is 0 Å². The third kappa shape index (κ3) is 7.92. The van der Waals surface area contributed by atoms with Gasteiger partial charge < -0.3 is 22.1 Å². The Bertz CT molecular complexity index is 159. The lowest BCUT2D eigenvalue weighted by atomic mass is 10.2. The molecule has 0 aromatic carbocycles. The van der Waals surface area contributed by atoms with E-state index in [1.165, 1.54) is 0 Å². The van der Waals surface area contributed by atoms with Gasteiger partial charge in [-0.05, 0) is 39.0 Å². The van der Waals surface area contributed by atoms with Crippen molar-refractivity contribution in [3.05, 3.63) is 0 Å². The van der Waals surface area contributed by atoms with Crippen LogP contribution in [0.2, 0.25) is 0 Å². The number of nitrogens with zero attached hydrogens (tertiary/aromatic N) is 1. The predicted molar refractivity (Wildman–Crippen MR) is 62.4 cm³/mol. The van der Waals surface area contributed by atoms with Crippen LogP contribution in [-0.4, -0.2) is 50.1 Å². The van der Waals surface area contributed by atoms with Crippen LogP contribution in [-0.2, 0) is 0 Å². The molecule has 16 heavy (non-hydrogen) atoms. The van der Waals surface area contributed by atoms with Crippen LogP contribution in [0, 0.1) is 0 Å². The number of hydrogen-bond acceptors (Lipinski definition) is 4. The van der Waals surface area contributed by atoms with Crippen LogP contribution in [0.4, 0.5) is 8.78 Å². The fourth-order valence-electron chi connectivity index (χ4n) is 1.39. The van der Waals surface area contributed by atoms with Crippen molar-refractivity contribution < 1.29 is 8.78 Å². The highest BCUT2D eigenvalue weighted by molar-refractivity contribution is 4.70. The van der Waals surface area contributed by atoms with E-state index >= 15 is 0 Å². The fourth-order valence-corrected chi connectivity index (χ4v) is 1.39. The minimum Gasteiger partial charge on any atom is -0.330 e. The number of rotatable bonds is 10. The van der Waals surface area contributed by atoms with Gasteiger partial charge in [0.15, 0.2) is 0 Å². The molecule has 0 fully saturated rings. The molecule has 0 aromatic heterocycles. The van der Waals surface area contributed by atoms with E-state index in [1.54, 1.807) is 0 Å². The zero-order valence-electron chi connectivity index (χ0n) is 9.80. The Labute approximate surface area is 96.1 Å². The second-order valence-electron chi connectivity index (χ2n) is 3.94. The maximum absolute atomic E-state index is 13.0. The molecule has 0 saturated carbocycles. The molecule has 6 heteroatoms. The Morgan fingerprint density at radius 1 is 0.875 bits per heavy atom. The van der Waals surface area contributed by atoms with Crippen molar-refractivity contribution in [1.82, 2.24) is 4.90 Å². The summed E-state index contributed by atoms with van der Waals surface area (Å²) in [5, 5.41) is 0. The minimum atomic E-state index is -2.76. The summed E-state index contributed by atoms with van der Waals surface area (Å²) in [7, 11) is 0. The van der Waals surface area contributed by atoms with Gasteiger partial charge >= 0.3 is 0 Å². The molecule has 0 aliphatic rings. The lowest BCUT2D eigenvalue weighted by Gasteiger charge is -2.24. The van der Waals surface area contributed by atoms with Crippen LogP contribution < -0.4 is 17.2 Å². The van der Waals surface area contributed by atoms with Gasteiger partial charge in [-0.1, -0.05) is 0 Å². The van der Waals surface area contributed by atoms with E-state index in [0.29, 0.717) is 19.6 Å². The number of nitrogens with two attached hydrogens (primary N) is 3. The van der Waals surface area contributed by atoms with E-state index in [9.17, 15) is 8.78 Å². The van der Waals surface area contributed by atoms with Gasteiger partial charge in [0, 0.05) is 13.0 Å². The van der Waals surface area contributed by atoms with Gasteiger partial charge in [0.25, 0.3) is 5.92 Å². The zero-order valence-corrected chi connectivity index (χ0v) is 9.80. The Hall–Kier alpha value is -0.300. The van der Waals surface area contributed by atoms with Crippen molar-refractivity contribution in [1.29, 1.82) is 0 Å². The lowest BCUT2D eigenvalue weighted by Crippen LogP contribution is -2.36. The molecule has 0 saturated heterocycles. The van der Waals surface area contributed by atoms with E-state index in [2.05, 4.69) is 0 Å². The molecule has 4 nitrogen and oxygen atoms in total. The van der Waals surface area contributed by atoms with Gasteiger partial charge in [-0.25, -0.2) is 8.78 Å². The average molecular weight is 238 g/mol. The molecule has 0 aliphatic heterocycles. The van der Waals surface area contributed by atoms with Crippen LogP contribution >= 0.6 is 0 Å².